The van der Waals surface area contributed by atoms with Crippen molar-refractivity contribution in [3.63, 3.8) is 0 Å². The molecule has 0 amide bonds. The highest BCUT2D eigenvalue weighted by Gasteiger charge is 2.15. The first-order valence-electron chi connectivity index (χ1n) is 8.80. The van der Waals surface area contributed by atoms with Gasteiger partial charge in [-0.15, -0.1) is 0 Å². The first kappa shape index (κ1) is 16.6. The summed E-state index contributed by atoms with van der Waals surface area (Å²) in [6, 6.07) is 12.6. The van der Waals surface area contributed by atoms with Crippen LogP contribution in [0.1, 0.15) is 37.1 Å². The molecule has 0 radical (unpaired) electrons. The standard InChI is InChI=1S/C21H27N3/c1-15(2)11-13-24-17(4)16(3)19-10-12-22-21(20(19)24)23-14-18-8-6-5-7-9-18/h5-10,12,15H,11,13-14H2,1-4H3,(H,22,23). The second-order valence-corrected chi connectivity index (χ2v) is 6.94. The average Bonchev–Trinajstić information content (AvgIpc) is 2.84. The second kappa shape index (κ2) is 7.08. The van der Waals surface area contributed by atoms with Crippen LogP contribution in [0.15, 0.2) is 42.6 Å². The molecule has 0 unspecified atom stereocenters. The summed E-state index contributed by atoms with van der Waals surface area (Å²) >= 11 is 0. The molecule has 0 bridgehead atoms. The summed E-state index contributed by atoms with van der Waals surface area (Å²) in [6.45, 7) is 10.8. The minimum Gasteiger partial charge on any atom is -0.364 e. The zero-order valence-electron chi connectivity index (χ0n) is 15.1. The van der Waals surface area contributed by atoms with E-state index in [0.29, 0.717) is 5.92 Å². The minimum absolute atomic E-state index is 0.694. The number of aromatic nitrogens is 2. The van der Waals surface area contributed by atoms with Gasteiger partial charge in [0.2, 0.25) is 0 Å². The Labute approximate surface area is 144 Å². The highest BCUT2D eigenvalue weighted by atomic mass is 15.1. The summed E-state index contributed by atoms with van der Waals surface area (Å²) in [5.74, 6) is 1.68. The van der Waals surface area contributed by atoms with Gasteiger partial charge in [0.25, 0.3) is 0 Å². The number of aryl methyl sites for hydroxylation is 2. The third-order valence-corrected chi connectivity index (χ3v) is 4.78. The van der Waals surface area contributed by atoms with Crippen molar-refractivity contribution in [3.8, 4) is 0 Å². The van der Waals surface area contributed by atoms with Crippen LogP contribution in [0.2, 0.25) is 0 Å². The van der Waals surface area contributed by atoms with Gasteiger partial charge < -0.3 is 9.88 Å². The van der Waals surface area contributed by atoms with Crippen LogP contribution in [0.25, 0.3) is 10.9 Å². The van der Waals surface area contributed by atoms with E-state index in [1.807, 2.05) is 12.3 Å². The fourth-order valence-corrected chi connectivity index (χ4v) is 3.17. The fraction of sp³-hybridized carbons (Fsp3) is 0.381. The molecule has 126 valence electrons. The van der Waals surface area contributed by atoms with Crippen molar-refractivity contribution in [2.24, 2.45) is 5.92 Å². The zero-order valence-corrected chi connectivity index (χ0v) is 15.1. The largest absolute Gasteiger partial charge is 0.364 e. The maximum absolute atomic E-state index is 4.63. The van der Waals surface area contributed by atoms with Crippen molar-refractivity contribution in [1.82, 2.24) is 9.55 Å². The van der Waals surface area contributed by atoms with Crippen LogP contribution in [0.4, 0.5) is 5.82 Å². The van der Waals surface area contributed by atoms with Crippen molar-refractivity contribution in [2.45, 2.75) is 47.2 Å². The summed E-state index contributed by atoms with van der Waals surface area (Å²) in [5, 5.41) is 4.85. The van der Waals surface area contributed by atoms with Crippen molar-refractivity contribution >= 4 is 16.7 Å². The molecule has 1 N–H and O–H groups in total. The predicted octanol–water partition coefficient (Wildman–Crippen LogP) is 5.31. The van der Waals surface area contributed by atoms with Crippen LogP contribution >= 0.6 is 0 Å². The number of anilines is 1. The molecule has 3 rings (SSSR count). The monoisotopic (exact) mass is 321 g/mol. The van der Waals surface area contributed by atoms with Gasteiger partial charge in [0.1, 0.15) is 0 Å². The molecule has 2 aromatic heterocycles. The first-order chi connectivity index (χ1) is 11.6. The Morgan fingerprint density at radius 2 is 1.83 bits per heavy atom. The van der Waals surface area contributed by atoms with Crippen LogP contribution in [-0.2, 0) is 13.1 Å². The molecule has 0 fully saturated rings. The van der Waals surface area contributed by atoms with E-state index in [1.165, 1.54) is 34.1 Å². The van der Waals surface area contributed by atoms with Gasteiger partial charge in [-0.1, -0.05) is 44.2 Å². The highest BCUT2D eigenvalue weighted by Crippen LogP contribution is 2.30. The number of fused-ring (bicyclic) bond motifs is 1. The predicted molar refractivity (Wildman–Crippen MR) is 102 cm³/mol. The number of benzene rings is 1. The van der Waals surface area contributed by atoms with Gasteiger partial charge in [-0.3, -0.25) is 0 Å². The van der Waals surface area contributed by atoms with Crippen molar-refractivity contribution in [1.29, 1.82) is 0 Å². The molecule has 3 aromatic rings. The van der Waals surface area contributed by atoms with E-state index in [2.05, 4.69) is 72.9 Å². The van der Waals surface area contributed by atoms with Gasteiger partial charge in [0.05, 0.1) is 5.52 Å². The van der Waals surface area contributed by atoms with E-state index in [-0.39, 0.29) is 0 Å². The lowest BCUT2D eigenvalue weighted by Gasteiger charge is -2.13. The Morgan fingerprint density at radius 3 is 2.54 bits per heavy atom. The Morgan fingerprint density at radius 1 is 1.08 bits per heavy atom. The fourth-order valence-electron chi connectivity index (χ4n) is 3.17. The summed E-state index contributed by atoms with van der Waals surface area (Å²) in [7, 11) is 0. The lowest BCUT2D eigenvalue weighted by atomic mass is 10.1. The molecule has 0 aliphatic heterocycles. The van der Waals surface area contributed by atoms with Crippen LogP contribution in [0, 0.1) is 19.8 Å². The minimum atomic E-state index is 0.694. The first-order valence-corrected chi connectivity index (χ1v) is 8.80. The van der Waals surface area contributed by atoms with E-state index in [1.54, 1.807) is 0 Å². The third-order valence-electron chi connectivity index (χ3n) is 4.78. The van der Waals surface area contributed by atoms with E-state index in [0.717, 1.165) is 18.9 Å². The summed E-state index contributed by atoms with van der Waals surface area (Å²) in [6.07, 6.45) is 3.09. The molecule has 0 saturated heterocycles. The number of hydrogen-bond acceptors (Lipinski definition) is 2. The number of rotatable bonds is 6. The lowest BCUT2D eigenvalue weighted by molar-refractivity contribution is 0.519. The maximum Gasteiger partial charge on any atom is 0.150 e. The quantitative estimate of drug-likeness (QED) is 0.666. The van der Waals surface area contributed by atoms with Gasteiger partial charge in [-0.25, -0.2) is 4.98 Å². The molecule has 0 aliphatic rings. The van der Waals surface area contributed by atoms with Crippen LogP contribution in [0.3, 0.4) is 0 Å². The van der Waals surface area contributed by atoms with Crippen LogP contribution < -0.4 is 5.32 Å². The summed E-state index contributed by atoms with van der Waals surface area (Å²) in [5.41, 5.74) is 5.22. The molecule has 1 aromatic carbocycles. The van der Waals surface area contributed by atoms with E-state index in [4.69, 9.17) is 0 Å². The average molecular weight is 321 g/mol. The van der Waals surface area contributed by atoms with Crippen molar-refractivity contribution in [2.75, 3.05) is 5.32 Å². The van der Waals surface area contributed by atoms with Crippen molar-refractivity contribution in [3.05, 3.63) is 59.4 Å². The van der Waals surface area contributed by atoms with E-state index in [9.17, 15) is 0 Å². The van der Waals surface area contributed by atoms with Gasteiger partial charge in [-0.2, -0.15) is 0 Å². The molecular formula is C21H27N3. The molecule has 2 heterocycles. The molecule has 0 aliphatic carbocycles. The molecule has 0 spiro atoms. The SMILES string of the molecule is Cc1c(C)n(CCC(C)C)c2c(NCc3ccccc3)nccc12. The van der Waals surface area contributed by atoms with Crippen LogP contribution in [-0.4, -0.2) is 9.55 Å². The zero-order chi connectivity index (χ0) is 17.1. The third kappa shape index (κ3) is 3.30. The topological polar surface area (TPSA) is 29.9 Å². The number of pyridine rings is 1. The Hall–Kier alpha value is -2.29. The summed E-state index contributed by atoms with van der Waals surface area (Å²) < 4.78 is 2.44. The Kier molecular flexibility index (Phi) is 4.89. The lowest BCUT2D eigenvalue weighted by Crippen LogP contribution is -2.07. The molecule has 24 heavy (non-hydrogen) atoms. The Bertz CT molecular complexity index is 816. The van der Waals surface area contributed by atoms with E-state index >= 15 is 0 Å². The molecule has 0 atom stereocenters. The summed E-state index contributed by atoms with van der Waals surface area (Å²) in [4.78, 5) is 4.63. The van der Waals surface area contributed by atoms with Crippen molar-refractivity contribution < 1.29 is 0 Å². The molecule has 3 nitrogen and oxygen atoms in total. The van der Waals surface area contributed by atoms with Crippen LogP contribution in [0.5, 0.6) is 0 Å². The number of nitrogens with one attached hydrogen (secondary N) is 1. The smallest absolute Gasteiger partial charge is 0.150 e. The molecule has 0 saturated carbocycles. The second-order valence-electron chi connectivity index (χ2n) is 6.94. The van der Waals surface area contributed by atoms with Gasteiger partial charge >= 0.3 is 0 Å². The van der Waals surface area contributed by atoms with Gasteiger partial charge in [0.15, 0.2) is 5.82 Å². The number of hydrogen-bond donors (Lipinski definition) is 1. The van der Waals surface area contributed by atoms with Gasteiger partial charge in [-0.05, 0) is 43.4 Å². The maximum atomic E-state index is 4.63. The van der Waals surface area contributed by atoms with Gasteiger partial charge in [0, 0.05) is 30.4 Å². The Balaban J connectivity index is 1.96. The van der Waals surface area contributed by atoms with E-state index < -0.39 is 0 Å². The normalized spacial score (nSPS) is 11.4. The number of nitrogens with zero attached hydrogens (tertiary/aromatic N) is 2. The highest BCUT2D eigenvalue weighted by molar-refractivity contribution is 5.93. The molecular weight excluding hydrogens is 294 g/mol. The molecule has 3 heteroatoms.